The zero-order chi connectivity index (χ0) is 106. The molecule has 7 aromatic rings. The van der Waals surface area contributed by atoms with Crippen molar-refractivity contribution in [3.8, 4) is 33.4 Å². The molecular weight excluding hydrogens is 1850 g/mol. The lowest BCUT2D eigenvalue weighted by Crippen LogP contribution is -2.26. The number of rotatable bonds is 56. The van der Waals surface area contributed by atoms with Crippen LogP contribution < -0.4 is 37.2 Å². The molecular formula is C119H153N7O20. The van der Waals surface area contributed by atoms with Gasteiger partial charge < -0.3 is 60.9 Å². The first kappa shape index (κ1) is 116. The van der Waals surface area contributed by atoms with Gasteiger partial charge in [0.25, 0.3) is 0 Å². The number of unbranched alkanes of at least 4 members (excludes halogenated alkanes) is 3. The van der Waals surface area contributed by atoms with E-state index in [9.17, 15) is 71.9 Å². The van der Waals surface area contributed by atoms with Gasteiger partial charge in [0.1, 0.15) is 44.6 Å². The molecule has 27 nitrogen and oxygen atoms in total. The van der Waals surface area contributed by atoms with Gasteiger partial charge in [-0.2, -0.15) is 0 Å². The average Bonchev–Trinajstić information content (AvgIpc) is 1.61. The Hall–Kier alpha value is -13.2. The molecule has 0 radical (unpaired) electrons. The predicted molar refractivity (Wildman–Crippen MR) is 570 cm³/mol. The highest BCUT2D eigenvalue weighted by molar-refractivity contribution is 6.07. The van der Waals surface area contributed by atoms with Gasteiger partial charge in [-0.1, -0.05) is 199 Å². The standard InChI is InChI=1S/C35H48N2O6.C30H38N2O5.C29H37NO4.C25H30N2O5/c1-4-7-10-26(38)11-8-12-27(39)20-24-15-17-28-29-18-16-25(37-34(41)14-9-13-33(40)36-19-5-2)22-31(29)32(30(28)21-24)23-43-35(42)6-3;1-4-7-12-26(33)23-11-8-10-21-25(19-37-29(36)6-3)24-18-20(15-16-22(24)30(21)23)32-28(35)14-9-13-27(34)31-17-5-2;1-4-7-13-26(31)23-12-9-11-21-25(19-34-28(33)6-3)24-18-20(15-16-22(24)29(21)23)10-8-14-27(32)30-17-5-2;1-4-11-31-15-24(29)27-17-8-10-19-18-9-7-16(26-23(28)5-2)12-20(18)22(21(19)13-17)14-32-25(30)6-3/h15-17,21-22,29,32H,4-14,18-20,23H2,1-3H3,(H,36,40)(H,37,41);8,10-11,15-16,18,25H,4-7,9,12-14,17,19H2,1-3H3,(H,31,34)(H,32,35);9,11-12,15-16,18,25H,4-8,10,13-14,17,19H2,1-3H3,(H,30,32);7-10,12-13,22H,4-6,11,14-15H2,1-3H3,(H,26,28)(H,27,29). The summed E-state index contributed by atoms with van der Waals surface area (Å²) >= 11 is 0. The van der Waals surface area contributed by atoms with Gasteiger partial charge in [-0.15, -0.1) is 0 Å². The third-order valence-corrected chi connectivity index (χ3v) is 26.4. The van der Waals surface area contributed by atoms with Gasteiger partial charge in [0.05, 0.1) is 0 Å². The van der Waals surface area contributed by atoms with Crippen molar-refractivity contribution in [1.82, 2.24) is 21.3 Å². The first-order chi connectivity index (χ1) is 70.6. The van der Waals surface area contributed by atoms with E-state index < -0.39 is 0 Å². The van der Waals surface area contributed by atoms with Crippen LogP contribution in [-0.4, -0.2) is 148 Å². The molecule has 5 aliphatic carbocycles. The Morgan fingerprint density at radius 2 is 0.712 bits per heavy atom. The largest absolute Gasteiger partial charge is 0.465 e. The summed E-state index contributed by atoms with van der Waals surface area (Å²) in [4.78, 5) is 183. The van der Waals surface area contributed by atoms with Gasteiger partial charge in [-0.25, -0.2) is 0 Å². The Labute approximate surface area is 861 Å². The lowest BCUT2D eigenvalue weighted by molar-refractivity contribution is -0.144. The SMILES string of the molecule is CCCCC(=O)CCCC(=O)Cc1ccc2c(c1)C(COC(=O)CC)C1=CC(NC(=O)CCCC(=O)NCCC)=CCC12.CCCCC(=O)c1cccc2c1-c1ccc(CCCC(=O)NCCC)cc1C2COC(=O)CC.CCCCC(=O)c1cccc2c1-c1ccc(NC(=O)CCCC(=O)NCCC)cc1C2COC(=O)CC.CCCOCC(=O)Nc1ccc2c(c1)C(COC(=O)CC)c1cc(NC(=O)CC)ccc1-2. The summed E-state index contributed by atoms with van der Waals surface area (Å²) in [7, 11) is 0. The molecule has 0 bridgehead atoms. The maximum Gasteiger partial charge on any atom is 0.305 e. The number of carbonyl (C=O) groups excluding carboxylic acids is 15. The third-order valence-electron chi connectivity index (χ3n) is 26.4. The van der Waals surface area contributed by atoms with E-state index in [2.05, 4.69) is 88.3 Å². The number of fused-ring (bicyclic) bond motifs is 12. The normalized spacial score (nSPS) is 14.6. The molecule has 12 rings (SSSR count). The van der Waals surface area contributed by atoms with Crippen LogP contribution in [0, 0.1) is 0 Å². The maximum absolute atomic E-state index is 13.0. The number of hydrogen-bond acceptors (Lipinski definition) is 20. The van der Waals surface area contributed by atoms with Crippen molar-refractivity contribution in [2.45, 2.75) is 318 Å². The first-order valence-electron chi connectivity index (χ1n) is 53.3. The molecule has 7 N–H and O–H groups in total. The second-order valence-electron chi connectivity index (χ2n) is 37.8. The number of ether oxygens (including phenoxy) is 5. The van der Waals surface area contributed by atoms with E-state index in [0.717, 1.165) is 183 Å². The van der Waals surface area contributed by atoms with Crippen LogP contribution in [0.25, 0.3) is 33.4 Å². The van der Waals surface area contributed by atoms with E-state index in [1.807, 2.05) is 137 Å². The molecule has 0 heterocycles. The second-order valence-corrected chi connectivity index (χ2v) is 37.8. The van der Waals surface area contributed by atoms with Gasteiger partial charge in [0.15, 0.2) is 11.6 Å². The smallest absolute Gasteiger partial charge is 0.305 e. The topological polar surface area (TPSA) is 386 Å². The summed E-state index contributed by atoms with van der Waals surface area (Å²) in [5, 5.41) is 20.2. The van der Waals surface area contributed by atoms with Crippen LogP contribution in [0.3, 0.4) is 0 Å². The van der Waals surface area contributed by atoms with E-state index >= 15 is 0 Å². The summed E-state index contributed by atoms with van der Waals surface area (Å²) in [5.74, 6) is -1.56. The van der Waals surface area contributed by atoms with E-state index in [1.54, 1.807) is 34.6 Å². The fraction of sp³-hybridized carbons (Fsp3) is 0.487. The molecule has 0 spiro atoms. The summed E-state index contributed by atoms with van der Waals surface area (Å²) in [6.45, 7) is 26.5. The highest BCUT2D eigenvalue weighted by Gasteiger charge is 2.40. The molecule has 784 valence electrons. The van der Waals surface area contributed by atoms with Gasteiger partial charge in [-0.05, 0) is 221 Å². The molecule has 5 unspecified atom stereocenters. The van der Waals surface area contributed by atoms with Crippen molar-refractivity contribution in [1.29, 1.82) is 0 Å². The van der Waals surface area contributed by atoms with Gasteiger partial charge >= 0.3 is 23.9 Å². The zero-order valence-corrected chi connectivity index (χ0v) is 87.8. The second kappa shape index (κ2) is 61.3. The van der Waals surface area contributed by atoms with E-state index in [-0.39, 0.29) is 177 Å². The minimum absolute atomic E-state index is 0.00315. The van der Waals surface area contributed by atoms with Gasteiger partial charge in [0, 0.05) is 192 Å². The number of aryl methyl sites for hydroxylation is 1. The fourth-order valence-electron chi connectivity index (χ4n) is 18.7. The Morgan fingerprint density at radius 1 is 0.315 bits per heavy atom. The molecule has 7 amide bonds. The first-order valence-corrected chi connectivity index (χ1v) is 53.3. The van der Waals surface area contributed by atoms with Gasteiger partial charge in [-0.3, -0.25) is 71.9 Å². The van der Waals surface area contributed by atoms with Crippen LogP contribution in [0.4, 0.5) is 17.1 Å². The number of nitrogens with one attached hydrogen (secondary N) is 7. The Balaban J connectivity index is 0.000000218. The van der Waals surface area contributed by atoms with Crippen LogP contribution in [0.5, 0.6) is 0 Å². The average molecular weight is 2000 g/mol. The number of esters is 4. The molecule has 0 aliphatic heterocycles. The molecule has 5 aliphatic rings. The summed E-state index contributed by atoms with van der Waals surface area (Å²) in [5.41, 5.74) is 21.4. The number of hydrogen-bond donors (Lipinski definition) is 7. The summed E-state index contributed by atoms with van der Waals surface area (Å²) in [6.07, 6.45) is 22.9. The van der Waals surface area contributed by atoms with E-state index in [1.165, 1.54) is 0 Å². The maximum atomic E-state index is 13.0. The van der Waals surface area contributed by atoms with Crippen molar-refractivity contribution in [2.24, 2.45) is 0 Å². The van der Waals surface area contributed by atoms with Crippen LogP contribution in [-0.2, 0) is 98.9 Å². The minimum atomic E-state index is -0.280. The third kappa shape index (κ3) is 34.8. The number of amides is 7. The number of Topliss-reactive ketones (excluding diaryl/α,β-unsaturated/α-hetero) is 4. The summed E-state index contributed by atoms with van der Waals surface area (Å²) in [6, 6.07) is 41.3. The van der Waals surface area contributed by atoms with Crippen molar-refractivity contribution in [3.63, 3.8) is 0 Å². The van der Waals surface area contributed by atoms with Crippen LogP contribution >= 0.6 is 0 Å². The van der Waals surface area contributed by atoms with Crippen LogP contribution in [0.15, 0.2) is 151 Å². The number of anilines is 3. The van der Waals surface area contributed by atoms with Crippen molar-refractivity contribution >= 4 is 105 Å². The van der Waals surface area contributed by atoms with E-state index in [4.69, 9.17) is 23.7 Å². The van der Waals surface area contributed by atoms with Crippen molar-refractivity contribution in [3.05, 3.63) is 218 Å². The Kier molecular flexibility index (Phi) is 48.9. The highest BCUT2D eigenvalue weighted by Crippen LogP contribution is 2.53. The molecule has 7 aromatic carbocycles. The fourth-order valence-corrected chi connectivity index (χ4v) is 18.7. The lowest BCUT2D eigenvalue weighted by atomic mass is 9.87. The lowest BCUT2D eigenvalue weighted by Gasteiger charge is -2.22. The molecule has 0 saturated heterocycles. The van der Waals surface area contributed by atoms with Gasteiger partial charge in [0.2, 0.25) is 41.4 Å². The van der Waals surface area contributed by atoms with Crippen molar-refractivity contribution in [2.75, 3.05) is 75.2 Å². The zero-order valence-electron chi connectivity index (χ0n) is 87.8. The molecule has 146 heavy (non-hydrogen) atoms. The van der Waals surface area contributed by atoms with Crippen molar-refractivity contribution < 1.29 is 95.6 Å². The number of carbonyl (C=O) groups is 15. The monoisotopic (exact) mass is 2000 g/mol. The highest BCUT2D eigenvalue weighted by atomic mass is 16.5. The number of ketones is 4. The summed E-state index contributed by atoms with van der Waals surface area (Å²) < 4.78 is 27.5. The molecule has 27 heteroatoms. The minimum Gasteiger partial charge on any atom is -0.465 e. The quantitative estimate of drug-likeness (QED) is 0.00806. The predicted octanol–water partition coefficient (Wildman–Crippen LogP) is 22.1. The molecule has 0 saturated carbocycles. The number of allylic oxidation sites excluding steroid dienone is 2. The molecule has 0 aromatic heterocycles. The Morgan fingerprint density at radius 3 is 1.19 bits per heavy atom. The molecule has 5 atom stereocenters. The number of benzene rings is 7. The van der Waals surface area contributed by atoms with Crippen LogP contribution in [0.2, 0.25) is 0 Å². The molecule has 0 fully saturated rings. The Bertz CT molecular complexity index is 5790. The van der Waals surface area contributed by atoms with Crippen LogP contribution in [0.1, 0.15) is 382 Å². The van der Waals surface area contributed by atoms with E-state index in [0.29, 0.717) is 152 Å².